The molecular formula is C23H18N2O6S. The van der Waals surface area contributed by atoms with Gasteiger partial charge < -0.3 is 9.47 Å². The fourth-order valence-electron chi connectivity index (χ4n) is 2.93. The van der Waals surface area contributed by atoms with Gasteiger partial charge in [0.15, 0.2) is 5.75 Å². The second-order valence-corrected chi connectivity index (χ2v) is 8.44. The number of rotatable bonds is 8. The number of hydrogen-bond donors (Lipinski definition) is 0. The van der Waals surface area contributed by atoms with Gasteiger partial charge in [0.25, 0.3) is 0 Å². The van der Waals surface area contributed by atoms with Gasteiger partial charge >= 0.3 is 5.69 Å². The van der Waals surface area contributed by atoms with Crippen molar-refractivity contribution in [2.75, 3.05) is 7.11 Å². The Kier molecular flexibility index (Phi) is 6.87. The van der Waals surface area contributed by atoms with E-state index in [9.17, 15) is 23.8 Å². The SMILES string of the molecule is COc1ccc(/C=C(\C#N)S(=O)(=O)c2ccccc2)cc1COc1ccccc1[N+](=O)[O-]. The molecule has 3 rings (SSSR count). The maximum Gasteiger partial charge on any atom is 0.310 e. The molecule has 0 atom stereocenters. The molecule has 0 spiro atoms. The summed E-state index contributed by atoms with van der Waals surface area (Å²) in [4.78, 5) is 10.2. The maximum atomic E-state index is 12.8. The average Bonchev–Trinajstić information content (AvgIpc) is 2.81. The molecule has 0 heterocycles. The average molecular weight is 450 g/mol. The third-order valence-corrected chi connectivity index (χ3v) is 6.18. The third-order valence-electron chi connectivity index (χ3n) is 4.50. The van der Waals surface area contributed by atoms with E-state index in [4.69, 9.17) is 9.47 Å². The molecule has 0 aromatic heterocycles. The first-order valence-corrected chi connectivity index (χ1v) is 10.8. The predicted octanol–water partition coefficient (Wildman–Crippen LogP) is 4.52. The van der Waals surface area contributed by atoms with E-state index >= 15 is 0 Å². The molecule has 0 fully saturated rings. The molecule has 0 aliphatic carbocycles. The molecule has 0 N–H and O–H groups in total. The van der Waals surface area contributed by atoms with E-state index in [2.05, 4.69) is 0 Å². The van der Waals surface area contributed by atoms with Crippen molar-refractivity contribution in [3.63, 3.8) is 0 Å². The standard InChI is InChI=1S/C23H18N2O6S/c1-30-22-12-11-17(14-20(15-24)32(28,29)19-7-3-2-4-8-19)13-18(22)16-31-23-10-6-5-9-21(23)25(26)27/h2-14H,16H2,1H3/b20-14+. The maximum absolute atomic E-state index is 12.8. The van der Waals surface area contributed by atoms with Crippen molar-refractivity contribution in [1.82, 2.24) is 0 Å². The summed E-state index contributed by atoms with van der Waals surface area (Å²) in [7, 11) is -2.53. The summed E-state index contributed by atoms with van der Waals surface area (Å²) in [5, 5.41) is 20.7. The molecule has 0 radical (unpaired) electrons. The molecule has 0 unspecified atom stereocenters. The summed E-state index contributed by atoms with van der Waals surface area (Å²) in [5.41, 5.74) is 0.778. The topological polar surface area (TPSA) is 120 Å². The third kappa shape index (κ3) is 4.94. The van der Waals surface area contributed by atoms with E-state index in [0.29, 0.717) is 16.9 Å². The van der Waals surface area contributed by atoms with Gasteiger partial charge in [-0.05, 0) is 42.0 Å². The smallest absolute Gasteiger partial charge is 0.310 e. The van der Waals surface area contributed by atoms with Gasteiger partial charge in [0.1, 0.15) is 23.3 Å². The largest absolute Gasteiger partial charge is 0.496 e. The number of nitrogens with zero attached hydrogens (tertiary/aromatic N) is 2. The van der Waals surface area contributed by atoms with Crippen molar-refractivity contribution in [1.29, 1.82) is 5.26 Å². The first kappa shape index (κ1) is 22.5. The van der Waals surface area contributed by atoms with Gasteiger partial charge in [-0.25, -0.2) is 8.42 Å². The minimum absolute atomic E-state index is 0.0151. The van der Waals surface area contributed by atoms with E-state index in [-0.39, 0.29) is 22.9 Å². The first-order valence-electron chi connectivity index (χ1n) is 9.32. The van der Waals surface area contributed by atoms with Crippen LogP contribution in [-0.2, 0) is 16.4 Å². The van der Waals surface area contributed by atoms with Crippen LogP contribution in [0.4, 0.5) is 5.69 Å². The van der Waals surface area contributed by atoms with Crippen LogP contribution in [-0.4, -0.2) is 20.5 Å². The van der Waals surface area contributed by atoms with Gasteiger partial charge in [0.05, 0.1) is 16.9 Å². The van der Waals surface area contributed by atoms with E-state index in [0.717, 1.165) is 0 Å². The zero-order valence-corrected chi connectivity index (χ0v) is 17.8. The molecule has 0 aliphatic heterocycles. The lowest BCUT2D eigenvalue weighted by Crippen LogP contribution is -2.04. The lowest BCUT2D eigenvalue weighted by atomic mass is 10.1. The highest BCUT2D eigenvalue weighted by molar-refractivity contribution is 7.95. The molecule has 0 aliphatic rings. The number of methoxy groups -OCH3 is 1. The first-order chi connectivity index (χ1) is 15.4. The Morgan fingerprint density at radius 2 is 1.75 bits per heavy atom. The van der Waals surface area contributed by atoms with E-state index in [1.165, 1.54) is 43.5 Å². The van der Waals surface area contributed by atoms with Gasteiger partial charge in [0.2, 0.25) is 9.84 Å². The Hall–Kier alpha value is -4.16. The molecule has 0 saturated carbocycles. The molecular weight excluding hydrogens is 432 g/mol. The van der Waals surface area contributed by atoms with Crippen LogP contribution >= 0.6 is 0 Å². The summed E-state index contributed by atoms with van der Waals surface area (Å²) < 4.78 is 36.5. The van der Waals surface area contributed by atoms with Crippen LogP contribution in [0.1, 0.15) is 11.1 Å². The normalized spacial score (nSPS) is 11.4. The Balaban J connectivity index is 1.94. The molecule has 3 aromatic carbocycles. The Labute approximate surface area is 185 Å². The highest BCUT2D eigenvalue weighted by Crippen LogP contribution is 2.29. The molecule has 0 saturated heterocycles. The lowest BCUT2D eigenvalue weighted by Gasteiger charge is -2.12. The number of para-hydroxylation sites is 2. The fraction of sp³-hybridized carbons (Fsp3) is 0.0870. The number of sulfone groups is 1. The van der Waals surface area contributed by atoms with Gasteiger partial charge in [-0.1, -0.05) is 36.4 Å². The summed E-state index contributed by atoms with van der Waals surface area (Å²) in [6, 6.07) is 20.2. The summed E-state index contributed by atoms with van der Waals surface area (Å²) in [5.74, 6) is 0.537. The highest BCUT2D eigenvalue weighted by Gasteiger charge is 2.21. The second-order valence-electron chi connectivity index (χ2n) is 6.52. The summed E-state index contributed by atoms with van der Waals surface area (Å²) in [6.07, 6.45) is 1.26. The van der Waals surface area contributed by atoms with Gasteiger partial charge in [-0.3, -0.25) is 10.1 Å². The van der Waals surface area contributed by atoms with Crippen molar-refractivity contribution in [3.05, 3.63) is 98.9 Å². The van der Waals surface area contributed by atoms with Crippen molar-refractivity contribution >= 4 is 21.6 Å². The number of nitro benzene ring substituents is 1. The molecule has 0 amide bonds. The summed E-state index contributed by atoms with van der Waals surface area (Å²) in [6.45, 7) is -0.0664. The van der Waals surface area contributed by atoms with Gasteiger partial charge in [-0.2, -0.15) is 5.26 Å². The fourth-order valence-corrected chi connectivity index (χ4v) is 4.12. The zero-order valence-electron chi connectivity index (χ0n) is 17.0. The van der Waals surface area contributed by atoms with Crippen LogP contribution in [0.25, 0.3) is 6.08 Å². The quantitative estimate of drug-likeness (QED) is 0.281. The van der Waals surface area contributed by atoms with E-state index in [1.54, 1.807) is 48.5 Å². The number of nitriles is 1. The number of ether oxygens (including phenoxy) is 2. The van der Waals surface area contributed by atoms with Gasteiger partial charge in [-0.15, -0.1) is 0 Å². The lowest BCUT2D eigenvalue weighted by molar-refractivity contribution is -0.385. The van der Waals surface area contributed by atoms with Crippen LogP contribution in [0.2, 0.25) is 0 Å². The van der Waals surface area contributed by atoms with Crippen molar-refractivity contribution in [3.8, 4) is 17.6 Å². The van der Waals surface area contributed by atoms with Crippen molar-refractivity contribution in [2.24, 2.45) is 0 Å². The molecule has 9 heteroatoms. The van der Waals surface area contributed by atoms with Crippen LogP contribution in [0.3, 0.4) is 0 Å². The minimum Gasteiger partial charge on any atom is -0.496 e. The van der Waals surface area contributed by atoms with Crippen LogP contribution < -0.4 is 9.47 Å². The molecule has 32 heavy (non-hydrogen) atoms. The minimum atomic E-state index is -3.99. The van der Waals surface area contributed by atoms with Gasteiger partial charge in [0, 0.05) is 11.6 Å². The number of hydrogen-bond acceptors (Lipinski definition) is 7. The van der Waals surface area contributed by atoms with E-state index in [1.807, 2.05) is 0 Å². The highest BCUT2D eigenvalue weighted by atomic mass is 32.2. The van der Waals surface area contributed by atoms with E-state index < -0.39 is 19.7 Å². The van der Waals surface area contributed by atoms with Crippen LogP contribution in [0, 0.1) is 21.4 Å². The molecule has 0 bridgehead atoms. The number of nitro groups is 1. The second kappa shape index (κ2) is 9.76. The van der Waals surface area contributed by atoms with Crippen molar-refractivity contribution < 1.29 is 22.8 Å². The zero-order chi connectivity index (χ0) is 23.1. The molecule has 3 aromatic rings. The number of allylic oxidation sites excluding steroid dienone is 1. The molecule has 8 nitrogen and oxygen atoms in total. The predicted molar refractivity (Wildman–Crippen MR) is 118 cm³/mol. The Bertz CT molecular complexity index is 1310. The molecule has 162 valence electrons. The summed E-state index contributed by atoms with van der Waals surface area (Å²) >= 11 is 0. The number of benzene rings is 3. The Morgan fingerprint density at radius 1 is 1.06 bits per heavy atom. The van der Waals surface area contributed by atoms with Crippen LogP contribution in [0.15, 0.2) is 82.6 Å². The van der Waals surface area contributed by atoms with Crippen molar-refractivity contribution in [2.45, 2.75) is 11.5 Å². The monoisotopic (exact) mass is 450 g/mol. The Morgan fingerprint density at radius 3 is 2.41 bits per heavy atom. The van der Waals surface area contributed by atoms with Crippen LogP contribution in [0.5, 0.6) is 11.5 Å².